The second kappa shape index (κ2) is 8.53. The Bertz CT molecular complexity index is 980. The first-order chi connectivity index (χ1) is 13.8. The van der Waals surface area contributed by atoms with Crippen LogP contribution in [0.3, 0.4) is 0 Å². The van der Waals surface area contributed by atoms with Crippen molar-refractivity contribution in [1.29, 1.82) is 0 Å². The monoisotopic (exact) mass is 419 g/mol. The molecule has 1 fully saturated rings. The number of rotatable bonds is 7. The average Bonchev–Trinajstić information content (AvgIpc) is 3.20. The lowest BCUT2D eigenvalue weighted by Crippen LogP contribution is -2.51. The van der Waals surface area contributed by atoms with Gasteiger partial charge < -0.3 is 10.1 Å². The third-order valence-corrected chi connectivity index (χ3v) is 8.08. The van der Waals surface area contributed by atoms with Crippen LogP contribution in [-0.4, -0.2) is 32.2 Å². The lowest BCUT2D eigenvalue weighted by molar-refractivity contribution is -0.123. The number of aryl methyl sites for hydroxylation is 2. The van der Waals surface area contributed by atoms with Crippen molar-refractivity contribution in [3.05, 3.63) is 59.4 Å². The fourth-order valence-electron chi connectivity index (χ4n) is 3.80. The Morgan fingerprint density at radius 3 is 2.41 bits per heavy atom. The van der Waals surface area contributed by atoms with E-state index in [1.165, 1.54) is 24.3 Å². The van der Waals surface area contributed by atoms with Crippen LogP contribution in [0.15, 0.2) is 47.4 Å². The zero-order chi connectivity index (χ0) is 21.1. The molecule has 0 unspecified atom stereocenters. The number of nitrogens with one attached hydrogen (secondary N) is 1. The van der Waals surface area contributed by atoms with E-state index in [-0.39, 0.29) is 23.9 Å². The average molecular weight is 420 g/mol. The summed E-state index contributed by atoms with van der Waals surface area (Å²) >= 11 is 0. The van der Waals surface area contributed by atoms with Crippen LogP contribution in [0.25, 0.3) is 0 Å². The number of benzene rings is 2. The van der Waals surface area contributed by atoms with Gasteiger partial charge in [0.15, 0.2) is 14.6 Å². The number of carbonyl (C=O) groups excluding carboxylic acids is 1. The first-order valence-corrected chi connectivity index (χ1v) is 11.2. The molecule has 1 saturated carbocycles. The highest BCUT2D eigenvalue weighted by Gasteiger charge is 2.53. The molecule has 2 aromatic carbocycles. The van der Waals surface area contributed by atoms with Crippen molar-refractivity contribution in [3.8, 4) is 5.75 Å². The molecule has 0 aliphatic heterocycles. The van der Waals surface area contributed by atoms with Crippen molar-refractivity contribution < 1.29 is 22.3 Å². The smallest absolute Gasteiger partial charge is 0.241 e. The summed E-state index contributed by atoms with van der Waals surface area (Å²) in [6.07, 6.45) is 2.02. The molecule has 0 bridgehead atoms. The quantitative estimate of drug-likeness (QED) is 0.694. The van der Waals surface area contributed by atoms with E-state index in [1.54, 1.807) is 19.1 Å². The van der Waals surface area contributed by atoms with Crippen molar-refractivity contribution in [2.45, 2.75) is 49.2 Å². The van der Waals surface area contributed by atoms with Gasteiger partial charge in [-0.15, -0.1) is 0 Å². The molecule has 0 saturated heterocycles. The fourth-order valence-corrected chi connectivity index (χ4v) is 6.19. The second-order valence-electron chi connectivity index (χ2n) is 7.53. The summed E-state index contributed by atoms with van der Waals surface area (Å²) in [5, 5.41) is 2.74. The van der Waals surface area contributed by atoms with Crippen LogP contribution in [0.2, 0.25) is 0 Å². The van der Waals surface area contributed by atoms with Crippen LogP contribution < -0.4 is 10.1 Å². The van der Waals surface area contributed by atoms with Gasteiger partial charge >= 0.3 is 0 Å². The van der Waals surface area contributed by atoms with Crippen LogP contribution in [-0.2, 0) is 14.6 Å². The molecule has 1 N–H and O–H groups in total. The van der Waals surface area contributed by atoms with Gasteiger partial charge in [0.1, 0.15) is 18.2 Å². The Morgan fingerprint density at radius 2 is 1.76 bits per heavy atom. The molecular formula is C22H26FNO4S. The van der Waals surface area contributed by atoms with E-state index in [0.29, 0.717) is 37.0 Å². The summed E-state index contributed by atoms with van der Waals surface area (Å²) in [5.41, 5.74) is 1.49. The molecular weight excluding hydrogens is 393 g/mol. The van der Waals surface area contributed by atoms with Crippen molar-refractivity contribution in [2.75, 3.05) is 13.2 Å². The van der Waals surface area contributed by atoms with Gasteiger partial charge in [-0.1, -0.05) is 25.0 Å². The first kappa shape index (κ1) is 21.3. The van der Waals surface area contributed by atoms with Crippen molar-refractivity contribution in [2.24, 2.45) is 0 Å². The van der Waals surface area contributed by atoms with E-state index in [0.717, 1.165) is 5.56 Å². The van der Waals surface area contributed by atoms with Crippen LogP contribution in [0, 0.1) is 19.7 Å². The van der Waals surface area contributed by atoms with Crippen LogP contribution in [0.4, 0.5) is 4.39 Å². The van der Waals surface area contributed by atoms with Gasteiger partial charge in [-0.3, -0.25) is 4.79 Å². The number of hydrogen-bond donors (Lipinski definition) is 1. The minimum absolute atomic E-state index is 0.164. The van der Waals surface area contributed by atoms with E-state index in [4.69, 9.17) is 4.74 Å². The lowest BCUT2D eigenvalue weighted by atomic mass is 10.1. The van der Waals surface area contributed by atoms with Crippen LogP contribution >= 0.6 is 0 Å². The third-order valence-electron chi connectivity index (χ3n) is 5.44. The highest BCUT2D eigenvalue weighted by Crippen LogP contribution is 2.41. The van der Waals surface area contributed by atoms with E-state index in [2.05, 4.69) is 5.32 Å². The molecule has 1 aliphatic rings. The second-order valence-corrected chi connectivity index (χ2v) is 9.76. The maximum absolute atomic E-state index is 13.5. The molecule has 1 aliphatic carbocycles. The molecule has 0 heterocycles. The SMILES string of the molecule is Cc1ccc(C)c(S(=O)(=O)C2(C(=O)NCCOc3ccc(F)cc3)CCCC2)c1. The molecule has 29 heavy (non-hydrogen) atoms. The fraction of sp³-hybridized carbons (Fsp3) is 0.409. The van der Waals surface area contributed by atoms with E-state index in [9.17, 15) is 17.6 Å². The van der Waals surface area contributed by atoms with Gasteiger partial charge in [-0.05, 0) is 68.1 Å². The number of ether oxygens (including phenoxy) is 1. The summed E-state index contributed by atoms with van der Waals surface area (Å²) in [4.78, 5) is 13.3. The molecule has 3 rings (SSSR count). The molecule has 2 aromatic rings. The zero-order valence-corrected chi connectivity index (χ0v) is 17.5. The van der Waals surface area contributed by atoms with Crippen molar-refractivity contribution >= 4 is 15.7 Å². The van der Waals surface area contributed by atoms with Crippen LogP contribution in [0.5, 0.6) is 5.75 Å². The van der Waals surface area contributed by atoms with Crippen molar-refractivity contribution in [3.63, 3.8) is 0 Å². The Balaban J connectivity index is 1.73. The van der Waals surface area contributed by atoms with Crippen LogP contribution in [0.1, 0.15) is 36.8 Å². The molecule has 0 atom stereocenters. The molecule has 0 aromatic heterocycles. The molecule has 0 spiro atoms. The maximum Gasteiger partial charge on any atom is 0.241 e. The van der Waals surface area contributed by atoms with Gasteiger partial charge in [0.25, 0.3) is 0 Å². The highest BCUT2D eigenvalue weighted by atomic mass is 32.2. The topological polar surface area (TPSA) is 72.5 Å². The van der Waals surface area contributed by atoms with Crippen molar-refractivity contribution in [1.82, 2.24) is 5.32 Å². The minimum atomic E-state index is -3.84. The van der Waals surface area contributed by atoms with Gasteiger partial charge in [-0.25, -0.2) is 12.8 Å². The minimum Gasteiger partial charge on any atom is -0.492 e. The van der Waals surface area contributed by atoms with Gasteiger partial charge in [-0.2, -0.15) is 0 Å². The number of hydrogen-bond acceptors (Lipinski definition) is 4. The van der Waals surface area contributed by atoms with E-state index >= 15 is 0 Å². The van der Waals surface area contributed by atoms with E-state index < -0.39 is 20.5 Å². The highest BCUT2D eigenvalue weighted by molar-refractivity contribution is 7.93. The molecule has 0 radical (unpaired) electrons. The summed E-state index contributed by atoms with van der Waals surface area (Å²) in [7, 11) is -3.84. The van der Waals surface area contributed by atoms with Gasteiger partial charge in [0.05, 0.1) is 11.4 Å². The molecule has 5 nitrogen and oxygen atoms in total. The maximum atomic E-state index is 13.5. The third kappa shape index (κ3) is 4.29. The number of amides is 1. The largest absolute Gasteiger partial charge is 0.492 e. The Morgan fingerprint density at radius 1 is 1.10 bits per heavy atom. The number of carbonyl (C=O) groups is 1. The zero-order valence-electron chi connectivity index (χ0n) is 16.7. The summed E-state index contributed by atoms with van der Waals surface area (Å²) in [5.74, 6) is -0.344. The number of sulfone groups is 1. The Labute approximate surface area is 171 Å². The summed E-state index contributed by atoms with van der Waals surface area (Å²) in [6.45, 7) is 3.92. The lowest BCUT2D eigenvalue weighted by Gasteiger charge is -2.28. The van der Waals surface area contributed by atoms with Gasteiger partial charge in [0.2, 0.25) is 5.91 Å². The predicted molar refractivity (Wildman–Crippen MR) is 109 cm³/mol. The Kier molecular flexibility index (Phi) is 6.27. The summed E-state index contributed by atoms with van der Waals surface area (Å²) < 4.78 is 44.0. The first-order valence-electron chi connectivity index (χ1n) is 9.75. The van der Waals surface area contributed by atoms with Gasteiger partial charge in [0, 0.05) is 0 Å². The normalized spacial score (nSPS) is 15.8. The standard InChI is InChI=1S/C22H26FNO4S/c1-16-5-6-17(2)20(15-16)29(26,27)22(11-3-4-12-22)21(25)24-13-14-28-19-9-7-18(23)8-10-19/h5-10,15H,3-4,11-14H2,1-2H3,(H,24,25). The summed E-state index contributed by atoms with van der Waals surface area (Å²) in [6, 6.07) is 10.9. The molecule has 156 valence electrons. The van der Waals surface area contributed by atoms with E-state index in [1.807, 2.05) is 13.0 Å². The molecule has 7 heteroatoms. The predicted octanol–water partition coefficient (Wildman–Crippen LogP) is 3.72. The Hall–Kier alpha value is -2.41. The molecule has 1 amide bonds. The number of halogens is 1.